The smallest absolute Gasteiger partial charge is 0.243 e. The van der Waals surface area contributed by atoms with Crippen LogP contribution in [0.2, 0.25) is 0 Å². The van der Waals surface area contributed by atoms with E-state index in [-0.39, 0.29) is 0 Å². The zero-order valence-electron chi connectivity index (χ0n) is 13.2. The third-order valence-corrected chi connectivity index (χ3v) is 6.33. The standard InChI is InChI=1S/C16H22N4O2S/c1-2-19-12-14(11-18-19)13-7-9-20(10-8-13)23(21,22)16-5-3-15(17)4-6-16/h3-6,11-13H,2,7-10,17H2,1H3. The highest BCUT2D eigenvalue weighted by atomic mass is 32.2. The number of nitrogen functional groups attached to an aromatic ring is 1. The first-order chi connectivity index (χ1) is 11.0. The first-order valence-electron chi connectivity index (χ1n) is 7.88. The van der Waals surface area contributed by atoms with Gasteiger partial charge in [-0.25, -0.2) is 8.42 Å². The molecule has 0 aliphatic carbocycles. The van der Waals surface area contributed by atoms with Gasteiger partial charge in [0, 0.05) is 31.5 Å². The molecule has 0 atom stereocenters. The van der Waals surface area contributed by atoms with Crippen molar-refractivity contribution in [2.24, 2.45) is 0 Å². The Morgan fingerprint density at radius 3 is 2.43 bits per heavy atom. The maximum atomic E-state index is 12.7. The zero-order chi connectivity index (χ0) is 16.4. The van der Waals surface area contributed by atoms with Crippen LogP contribution in [-0.4, -0.2) is 35.6 Å². The predicted molar refractivity (Wildman–Crippen MR) is 89.5 cm³/mol. The summed E-state index contributed by atoms with van der Waals surface area (Å²) in [6.07, 6.45) is 5.61. The molecule has 0 unspecified atom stereocenters. The second-order valence-corrected chi connectivity index (χ2v) is 7.81. The Morgan fingerprint density at radius 1 is 1.22 bits per heavy atom. The maximum absolute atomic E-state index is 12.7. The molecule has 23 heavy (non-hydrogen) atoms. The van der Waals surface area contributed by atoms with Crippen LogP contribution in [0.4, 0.5) is 5.69 Å². The summed E-state index contributed by atoms with van der Waals surface area (Å²) in [6.45, 7) is 3.98. The van der Waals surface area contributed by atoms with Gasteiger partial charge in [-0.15, -0.1) is 0 Å². The Bertz CT molecular complexity index is 760. The maximum Gasteiger partial charge on any atom is 0.243 e. The number of benzene rings is 1. The number of piperidine rings is 1. The van der Waals surface area contributed by atoms with Crippen molar-refractivity contribution in [3.05, 3.63) is 42.2 Å². The number of hydrogen-bond donors (Lipinski definition) is 1. The summed E-state index contributed by atoms with van der Waals surface area (Å²) in [7, 11) is -3.43. The van der Waals surface area contributed by atoms with E-state index in [0.29, 0.717) is 29.6 Å². The molecule has 1 fully saturated rings. The van der Waals surface area contributed by atoms with Crippen LogP contribution in [0.25, 0.3) is 0 Å². The highest BCUT2D eigenvalue weighted by Crippen LogP contribution is 2.30. The lowest BCUT2D eigenvalue weighted by Gasteiger charge is -2.30. The lowest BCUT2D eigenvalue weighted by molar-refractivity contribution is 0.319. The lowest BCUT2D eigenvalue weighted by Crippen LogP contribution is -2.37. The number of hydrogen-bond acceptors (Lipinski definition) is 4. The molecule has 3 rings (SSSR count). The van der Waals surface area contributed by atoms with E-state index in [1.165, 1.54) is 5.56 Å². The molecule has 6 nitrogen and oxygen atoms in total. The third kappa shape index (κ3) is 3.25. The summed E-state index contributed by atoms with van der Waals surface area (Å²) in [5.41, 5.74) is 7.40. The number of rotatable bonds is 4. The van der Waals surface area contributed by atoms with Crippen LogP contribution in [0.15, 0.2) is 41.6 Å². The quantitative estimate of drug-likeness (QED) is 0.868. The molecule has 0 bridgehead atoms. The average Bonchev–Trinajstić information content (AvgIpc) is 3.04. The van der Waals surface area contributed by atoms with E-state index >= 15 is 0 Å². The van der Waals surface area contributed by atoms with E-state index in [1.807, 2.05) is 10.9 Å². The molecule has 1 saturated heterocycles. The fourth-order valence-corrected chi connectivity index (χ4v) is 4.45. The van der Waals surface area contributed by atoms with Gasteiger partial charge in [0.2, 0.25) is 10.0 Å². The van der Waals surface area contributed by atoms with Gasteiger partial charge < -0.3 is 5.73 Å². The second kappa shape index (κ2) is 6.33. The van der Waals surface area contributed by atoms with Crippen molar-refractivity contribution in [1.29, 1.82) is 0 Å². The molecule has 124 valence electrons. The van der Waals surface area contributed by atoms with Crippen molar-refractivity contribution in [1.82, 2.24) is 14.1 Å². The van der Waals surface area contributed by atoms with Gasteiger partial charge in [-0.3, -0.25) is 4.68 Å². The average molecular weight is 334 g/mol. The monoisotopic (exact) mass is 334 g/mol. The fraction of sp³-hybridized carbons (Fsp3) is 0.438. The van der Waals surface area contributed by atoms with Gasteiger partial charge in [0.05, 0.1) is 11.1 Å². The van der Waals surface area contributed by atoms with Crippen molar-refractivity contribution in [2.75, 3.05) is 18.8 Å². The van der Waals surface area contributed by atoms with Crippen LogP contribution >= 0.6 is 0 Å². The van der Waals surface area contributed by atoms with E-state index in [2.05, 4.69) is 18.2 Å². The lowest BCUT2D eigenvalue weighted by atomic mass is 9.93. The molecular weight excluding hydrogens is 312 g/mol. The molecule has 0 radical (unpaired) electrons. The normalized spacial score (nSPS) is 17.4. The first kappa shape index (κ1) is 16.0. The molecule has 2 N–H and O–H groups in total. The second-order valence-electron chi connectivity index (χ2n) is 5.88. The van der Waals surface area contributed by atoms with Gasteiger partial charge in [-0.05, 0) is 55.5 Å². The highest BCUT2D eigenvalue weighted by molar-refractivity contribution is 7.89. The Labute approximate surface area is 137 Å². The number of aryl methyl sites for hydroxylation is 1. The first-order valence-corrected chi connectivity index (χ1v) is 9.32. The van der Waals surface area contributed by atoms with E-state index in [9.17, 15) is 8.42 Å². The number of nitrogens with two attached hydrogens (primary N) is 1. The van der Waals surface area contributed by atoms with E-state index in [0.717, 1.165) is 19.4 Å². The van der Waals surface area contributed by atoms with Crippen LogP contribution in [0.1, 0.15) is 31.2 Å². The highest BCUT2D eigenvalue weighted by Gasteiger charge is 2.30. The van der Waals surface area contributed by atoms with Gasteiger partial charge in [0.25, 0.3) is 0 Å². The van der Waals surface area contributed by atoms with E-state index in [1.54, 1.807) is 28.6 Å². The molecule has 1 aliphatic heterocycles. The van der Waals surface area contributed by atoms with Crippen LogP contribution in [-0.2, 0) is 16.6 Å². The van der Waals surface area contributed by atoms with Crippen molar-refractivity contribution in [3.8, 4) is 0 Å². The third-order valence-electron chi connectivity index (χ3n) is 4.42. The van der Waals surface area contributed by atoms with Crippen LogP contribution in [0.5, 0.6) is 0 Å². The Balaban J connectivity index is 1.69. The fourth-order valence-electron chi connectivity index (χ4n) is 2.98. The van der Waals surface area contributed by atoms with Crippen molar-refractivity contribution in [3.63, 3.8) is 0 Å². The molecule has 0 spiro atoms. The van der Waals surface area contributed by atoms with E-state index in [4.69, 9.17) is 5.73 Å². The Hall–Kier alpha value is -1.86. The number of anilines is 1. The molecule has 7 heteroatoms. The largest absolute Gasteiger partial charge is 0.399 e. The number of aromatic nitrogens is 2. The number of sulfonamides is 1. The molecule has 0 amide bonds. The molecule has 2 aromatic rings. The van der Waals surface area contributed by atoms with Crippen LogP contribution < -0.4 is 5.73 Å². The summed E-state index contributed by atoms with van der Waals surface area (Å²) in [5, 5.41) is 4.31. The zero-order valence-corrected chi connectivity index (χ0v) is 14.0. The van der Waals surface area contributed by atoms with Gasteiger partial charge in [0.1, 0.15) is 0 Å². The summed E-state index contributed by atoms with van der Waals surface area (Å²) in [4.78, 5) is 0.309. The van der Waals surface area contributed by atoms with Gasteiger partial charge in [0.15, 0.2) is 0 Å². The van der Waals surface area contributed by atoms with Gasteiger partial charge in [-0.2, -0.15) is 9.40 Å². The topological polar surface area (TPSA) is 81.2 Å². The van der Waals surface area contributed by atoms with Crippen LogP contribution in [0.3, 0.4) is 0 Å². The summed E-state index contributed by atoms with van der Waals surface area (Å²) < 4.78 is 28.8. The summed E-state index contributed by atoms with van der Waals surface area (Å²) in [5.74, 6) is 0.383. The SMILES string of the molecule is CCn1cc(C2CCN(S(=O)(=O)c3ccc(N)cc3)CC2)cn1. The Morgan fingerprint density at radius 2 is 1.87 bits per heavy atom. The molecular formula is C16H22N4O2S. The van der Waals surface area contributed by atoms with Gasteiger partial charge >= 0.3 is 0 Å². The van der Waals surface area contributed by atoms with E-state index < -0.39 is 10.0 Å². The van der Waals surface area contributed by atoms with Crippen molar-refractivity contribution in [2.45, 2.75) is 37.1 Å². The van der Waals surface area contributed by atoms with Crippen molar-refractivity contribution >= 4 is 15.7 Å². The minimum atomic E-state index is -3.43. The summed E-state index contributed by atoms with van der Waals surface area (Å²) in [6, 6.07) is 6.39. The predicted octanol–water partition coefficient (Wildman–Crippen LogP) is 2.05. The molecule has 1 aromatic carbocycles. The number of nitrogens with zero attached hydrogens (tertiary/aromatic N) is 3. The minimum Gasteiger partial charge on any atom is -0.399 e. The van der Waals surface area contributed by atoms with Gasteiger partial charge in [-0.1, -0.05) is 0 Å². The molecule has 0 saturated carbocycles. The molecule has 1 aliphatic rings. The Kier molecular flexibility index (Phi) is 4.41. The molecule has 2 heterocycles. The van der Waals surface area contributed by atoms with Crippen LogP contribution in [0, 0.1) is 0 Å². The molecule has 1 aromatic heterocycles. The summed E-state index contributed by atoms with van der Waals surface area (Å²) >= 11 is 0. The van der Waals surface area contributed by atoms with Crippen molar-refractivity contribution < 1.29 is 8.42 Å². The minimum absolute atomic E-state index is 0.309.